The highest BCUT2D eigenvalue weighted by Gasteiger charge is 2.64. The van der Waals surface area contributed by atoms with Crippen molar-refractivity contribution in [3.05, 3.63) is 30.3 Å². The maximum Gasteiger partial charge on any atom is 0.505 e. The van der Waals surface area contributed by atoms with Gasteiger partial charge in [-0.2, -0.15) is 22.0 Å². The molecule has 33 heavy (non-hydrogen) atoms. The van der Waals surface area contributed by atoms with Crippen LogP contribution >= 0.6 is 0 Å². The minimum absolute atomic E-state index is 0.0590. The summed E-state index contributed by atoms with van der Waals surface area (Å²) in [7, 11) is -4.14. The molecule has 0 aromatic heterocycles. The average Bonchev–Trinajstić information content (AvgIpc) is 2.74. The second kappa shape index (κ2) is 15.6. The SMILES string of the molecule is CCO[Si](CCCCCCCCCCCOc1ccccc1)(OCC)OC(F)(F)C(F)(F)F. The van der Waals surface area contributed by atoms with E-state index >= 15 is 0 Å². The summed E-state index contributed by atoms with van der Waals surface area (Å²) < 4.78 is 85.2. The first-order chi connectivity index (χ1) is 15.7. The summed E-state index contributed by atoms with van der Waals surface area (Å²) in [6.07, 6.45) is -2.78. The molecule has 0 spiro atoms. The average molecular weight is 501 g/mol. The molecule has 0 aliphatic carbocycles. The van der Waals surface area contributed by atoms with Gasteiger partial charge in [-0.3, -0.25) is 0 Å². The van der Waals surface area contributed by atoms with Gasteiger partial charge >= 0.3 is 21.1 Å². The fraction of sp³-hybridized carbons (Fsp3) is 0.739. The highest BCUT2D eigenvalue weighted by Crippen LogP contribution is 2.40. The Kier molecular flexibility index (Phi) is 14.1. The van der Waals surface area contributed by atoms with Crippen molar-refractivity contribution in [2.75, 3.05) is 19.8 Å². The molecule has 1 rings (SSSR count). The number of hydrogen-bond acceptors (Lipinski definition) is 4. The molecule has 0 fully saturated rings. The van der Waals surface area contributed by atoms with E-state index in [0.29, 0.717) is 19.4 Å². The Morgan fingerprint density at radius 2 is 1.18 bits per heavy atom. The summed E-state index contributed by atoms with van der Waals surface area (Å²) in [4.78, 5) is 0. The van der Waals surface area contributed by atoms with Gasteiger partial charge in [0, 0.05) is 19.3 Å². The Bertz CT molecular complexity index is 611. The van der Waals surface area contributed by atoms with Gasteiger partial charge in [0.2, 0.25) is 0 Å². The topological polar surface area (TPSA) is 36.9 Å². The van der Waals surface area contributed by atoms with Crippen molar-refractivity contribution in [2.45, 2.75) is 90.0 Å². The van der Waals surface area contributed by atoms with E-state index in [1.165, 1.54) is 13.8 Å². The third-order valence-corrected chi connectivity index (χ3v) is 7.97. The predicted octanol–water partition coefficient (Wildman–Crippen LogP) is 7.76. The van der Waals surface area contributed by atoms with Crippen LogP contribution < -0.4 is 4.74 Å². The Hall–Kier alpha value is -1.23. The Morgan fingerprint density at radius 3 is 1.67 bits per heavy atom. The lowest BCUT2D eigenvalue weighted by Gasteiger charge is -2.33. The molecule has 0 saturated heterocycles. The van der Waals surface area contributed by atoms with Gasteiger partial charge in [-0.1, -0.05) is 63.1 Å². The minimum atomic E-state index is -5.81. The fourth-order valence-corrected chi connectivity index (χ4v) is 6.04. The third kappa shape index (κ3) is 12.2. The van der Waals surface area contributed by atoms with Crippen molar-refractivity contribution in [2.24, 2.45) is 0 Å². The van der Waals surface area contributed by atoms with E-state index in [-0.39, 0.29) is 19.3 Å². The van der Waals surface area contributed by atoms with Gasteiger partial charge in [0.15, 0.2) is 0 Å². The second-order valence-electron chi connectivity index (χ2n) is 7.76. The van der Waals surface area contributed by atoms with E-state index in [1.807, 2.05) is 30.3 Å². The van der Waals surface area contributed by atoms with E-state index in [1.54, 1.807) is 0 Å². The van der Waals surface area contributed by atoms with Crippen LogP contribution in [-0.4, -0.2) is 40.9 Å². The lowest BCUT2D eigenvalue weighted by molar-refractivity contribution is -0.373. The zero-order valence-electron chi connectivity index (χ0n) is 19.6. The first-order valence-corrected chi connectivity index (χ1v) is 13.7. The molecule has 4 nitrogen and oxygen atoms in total. The van der Waals surface area contributed by atoms with Crippen LogP contribution in [0.5, 0.6) is 5.75 Å². The van der Waals surface area contributed by atoms with Crippen molar-refractivity contribution in [1.29, 1.82) is 0 Å². The smallest absolute Gasteiger partial charge is 0.494 e. The zero-order valence-corrected chi connectivity index (χ0v) is 20.6. The van der Waals surface area contributed by atoms with Crippen LogP contribution in [0.4, 0.5) is 22.0 Å². The van der Waals surface area contributed by atoms with Crippen molar-refractivity contribution >= 4 is 8.80 Å². The number of rotatable bonds is 19. The molecule has 0 atom stereocenters. The number of halogens is 5. The fourth-order valence-electron chi connectivity index (χ4n) is 3.38. The molecule has 0 radical (unpaired) electrons. The summed E-state index contributed by atoms with van der Waals surface area (Å²) in [5, 5.41) is 0. The molecular weight excluding hydrogens is 463 g/mol. The molecule has 192 valence electrons. The molecule has 0 N–H and O–H groups in total. The van der Waals surface area contributed by atoms with Crippen molar-refractivity contribution in [1.82, 2.24) is 0 Å². The molecule has 10 heteroatoms. The van der Waals surface area contributed by atoms with Crippen LogP contribution in [0.2, 0.25) is 6.04 Å². The van der Waals surface area contributed by atoms with Crippen molar-refractivity contribution in [3.63, 3.8) is 0 Å². The standard InChI is InChI=1S/C23H37F5O4Si/c1-3-30-33(31-4-2,32-23(27,28)22(24,25)26)20-16-11-9-7-5-6-8-10-15-19-29-21-17-13-12-14-18-21/h12-14,17-18H,3-11,15-16,19-20H2,1-2H3. The van der Waals surface area contributed by atoms with E-state index in [4.69, 9.17) is 13.6 Å². The summed E-state index contributed by atoms with van der Waals surface area (Å²) in [5.74, 6) is 0.880. The summed E-state index contributed by atoms with van der Waals surface area (Å²) in [5.41, 5.74) is 0. The molecule has 1 aromatic carbocycles. The van der Waals surface area contributed by atoms with Crippen LogP contribution in [0.1, 0.15) is 71.6 Å². The second-order valence-corrected chi connectivity index (χ2v) is 10.4. The maximum atomic E-state index is 13.5. The van der Waals surface area contributed by atoms with Gasteiger partial charge in [0.1, 0.15) is 5.75 Å². The molecule has 0 bridgehead atoms. The molecular formula is C23H37F5O4Si. The third-order valence-electron chi connectivity index (χ3n) is 4.98. The molecule has 1 aromatic rings. The molecule has 0 saturated carbocycles. The van der Waals surface area contributed by atoms with Crippen LogP contribution in [0.25, 0.3) is 0 Å². The summed E-state index contributed by atoms with van der Waals surface area (Å²) in [6.45, 7) is 3.62. The van der Waals surface area contributed by atoms with Crippen LogP contribution in [0.3, 0.4) is 0 Å². The lowest BCUT2D eigenvalue weighted by atomic mass is 10.1. The van der Waals surface area contributed by atoms with Crippen LogP contribution in [-0.2, 0) is 13.3 Å². The molecule has 0 aliphatic rings. The summed E-state index contributed by atoms with van der Waals surface area (Å²) in [6, 6.07) is 9.63. The van der Waals surface area contributed by atoms with Crippen LogP contribution in [0.15, 0.2) is 30.3 Å². The zero-order chi connectivity index (χ0) is 24.6. The largest absolute Gasteiger partial charge is 0.505 e. The Balaban J connectivity index is 2.20. The van der Waals surface area contributed by atoms with Gasteiger partial charge in [-0.25, -0.2) is 0 Å². The summed E-state index contributed by atoms with van der Waals surface area (Å²) >= 11 is 0. The first kappa shape index (κ1) is 29.8. The maximum absolute atomic E-state index is 13.5. The van der Waals surface area contributed by atoms with E-state index in [0.717, 1.165) is 50.7 Å². The quantitative estimate of drug-likeness (QED) is 0.110. The number of unbranched alkanes of at least 4 members (excludes halogenated alkanes) is 8. The Morgan fingerprint density at radius 1 is 0.697 bits per heavy atom. The number of ether oxygens (including phenoxy) is 1. The highest BCUT2D eigenvalue weighted by atomic mass is 28.4. The van der Waals surface area contributed by atoms with Gasteiger partial charge in [-0.05, 0) is 38.8 Å². The minimum Gasteiger partial charge on any atom is -0.494 e. The Labute approximate surface area is 195 Å². The van der Waals surface area contributed by atoms with Gasteiger partial charge in [0.25, 0.3) is 0 Å². The highest BCUT2D eigenvalue weighted by molar-refractivity contribution is 6.60. The van der Waals surface area contributed by atoms with Gasteiger partial charge < -0.3 is 18.0 Å². The van der Waals surface area contributed by atoms with Crippen LogP contribution in [0, 0.1) is 0 Å². The number of para-hydroxylation sites is 1. The normalized spacial score (nSPS) is 12.8. The number of hydrogen-bond donors (Lipinski definition) is 0. The molecule has 0 heterocycles. The predicted molar refractivity (Wildman–Crippen MR) is 119 cm³/mol. The van der Waals surface area contributed by atoms with Gasteiger partial charge in [0.05, 0.1) is 6.61 Å². The number of benzene rings is 1. The van der Waals surface area contributed by atoms with Gasteiger partial charge in [-0.15, -0.1) is 0 Å². The van der Waals surface area contributed by atoms with Crippen molar-refractivity contribution < 1.29 is 40.0 Å². The van der Waals surface area contributed by atoms with E-state index in [2.05, 4.69) is 4.43 Å². The molecule has 0 aliphatic heterocycles. The molecule has 0 unspecified atom stereocenters. The van der Waals surface area contributed by atoms with Crippen molar-refractivity contribution in [3.8, 4) is 5.75 Å². The lowest BCUT2D eigenvalue weighted by Crippen LogP contribution is -2.55. The van der Waals surface area contributed by atoms with E-state index < -0.39 is 21.1 Å². The molecule has 0 amide bonds. The van der Waals surface area contributed by atoms with E-state index in [9.17, 15) is 22.0 Å². The monoisotopic (exact) mass is 500 g/mol. The first-order valence-electron chi connectivity index (χ1n) is 11.8. The number of alkyl halides is 5.